The largest absolute Gasteiger partial charge is 0.350 e. The molecule has 28 heavy (non-hydrogen) atoms. The summed E-state index contributed by atoms with van der Waals surface area (Å²) in [6.07, 6.45) is 5.42. The van der Waals surface area contributed by atoms with Gasteiger partial charge in [0, 0.05) is 36.5 Å². The van der Waals surface area contributed by atoms with Gasteiger partial charge in [0.15, 0.2) is 0 Å². The highest BCUT2D eigenvalue weighted by Gasteiger charge is 2.35. The maximum Gasteiger partial charge on any atom is 0.251 e. The van der Waals surface area contributed by atoms with E-state index in [-0.39, 0.29) is 12.5 Å². The Labute approximate surface area is 166 Å². The number of sulfonamides is 1. The van der Waals surface area contributed by atoms with E-state index in [1.54, 1.807) is 36.5 Å². The molecule has 1 heterocycles. The predicted molar refractivity (Wildman–Crippen MR) is 110 cm³/mol. The Hall–Kier alpha value is -2.25. The van der Waals surface area contributed by atoms with Crippen molar-refractivity contribution >= 4 is 15.9 Å². The molecule has 0 saturated heterocycles. The van der Waals surface area contributed by atoms with Crippen LogP contribution in [0.3, 0.4) is 0 Å². The predicted octanol–water partition coefficient (Wildman–Crippen LogP) is 3.15. The Balaban J connectivity index is 1.84. The molecule has 1 saturated carbocycles. The fourth-order valence-corrected chi connectivity index (χ4v) is 4.62. The van der Waals surface area contributed by atoms with Gasteiger partial charge in [0.1, 0.15) is 5.25 Å². The summed E-state index contributed by atoms with van der Waals surface area (Å²) in [6, 6.07) is 12.4. The van der Waals surface area contributed by atoms with Crippen molar-refractivity contribution in [3.8, 4) is 0 Å². The van der Waals surface area contributed by atoms with Crippen LogP contribution in [-0.2, 0) is 10.0 Å². The second-order valence-corrected chi connectivity index (χ2v) is 9.06. The Kier molecular flexibility index (Phi) is 6.80. The van der Waals surface area contributed by atoms with Crippen molar-refractivity contribution in [1.82, 2.24) is 15.0 Å². The maximum atomic E-state index is 13.1. The van der Waals surface area contributed by atoms with Crippen molar-refractivity contribution < 1.29 is 13.2 Å². The minimum Gasteiger partial charge on any atom is -0.350 e. The van der Waals surface area contributed by atoms with Crippen molar-refractivity contribution in [2.24, 2.45) is 0 Å². The first-order valence-electron chi connectivity index (χ1n) is 9.79. The van der Waals surface area contributed by atoms with Gasteiger partial charge in [0.25, 0.3) is 5.91 Å². The van der Waals surface area contributed by atoms with Gasteiger partial charge in [-0.2, -0.15) is 0 Å². The Morgan fingerprint density at radius 2 is 1.93 bits per heavy atom. The van der Waals surface area contributed by atoms with Crippen LogP contribution in [-0.4, -0.2) is 32.4 Å². The minimum atomic E-state index is -3.66. The number of unbranched alkanes of at least 4 members (excludes halogenated alkanes) is 1. The van der Waals surface area contributed by atoms with Crippen LogP contribution in [0.2, 0.25) is 0 Å². The fourth-order valence-electron chi connectivity index (χ4n) is 3.16. The quantitative estimate of drug-likeness (QED) is 0.599. The smallest absolute Gasteiger partial charge is 0.251 e. The van der Waals surface area contributed by atoms with Crippen LogP contribution in [0.15, 0.2) is 48.7 Å². The van der Waals surface area contributed by atoms with E-state index in [0.717, 1.165) is 31.4 Å². The summed E-state index contributed by atoms with van der Waals surface area (Å²) in [4.78, 5) is 16.9. The zero-order valence-corrected chi connectivity index (χ0v) is 16.9. The Bertz CT molecular complexity index is 896. The van der Waals surface area contributed by atoms with E-state index in [1.165, 1.54) is 0 Å². The van der Waals surface area contributed by atoms with Gasteiger partial charge in [0.2, 0.25) is 10.0 Å². The van der Waals surface area contributed by atoms with E-state index in [9.17, 15) is 13.2 Å². The number of hydrogen-bond acceptors (Lipinski definition) is 4. The molecule has 150 valence electrons. The molecular weight excluding hydrogens is 374 g/mol. The third-order valence-corrected chi connectivity index (χ3v) is 6.65. The number of carbonyl (C=O) groups excluding carboxylic acids is 1. The van der Waals surface area contributed by atoms with E-state index in [0.29, 0.717) is 23.6 Å². The molecule has 6 nitrogen and oxygen atoms in total. The van der Waals surface area contributed by atoms with Crippen molar-refractivity contribution in [3.05, 3.63) is 65.5 Å². The lowest BCUT2D eigenvalue weighted by Gasteiger charge is -2.21. The van der Waals surface area contributed by atoms with Gasteiger partial charge in [-0.1, -0.05) is 37.6 Å². The molecule has 1 aliphatic rings. The summed E-state index contributed by atoms with van der Waals surface area (Å²) < 4.78 is 28.8. The average molecular weight is 402 g/mol. The number of pyridine rings is 1. The van der Waals surface area contributed by atoms with Gasteiger partial charge in [-0.3, -0.25) is 9.78 Å². The first kappa shape index (κ1) is 20.5. The number of hydrogen-bond donors (Lipinski definition) is 2. The van der Waals surface area contributed by atoms with E-state index in [1.807, 2.05) is 19.1 Å². The molecule has 3 rings (SSSR count). The summed E-state index contributed by atoms with van der Waals surface area (Å²) in [5.41, 5.74) is 2.02. The zero-order valence-electron chi connectivity index (χ0n) is 16.1. The number of benzene rings is 1. The highest BCUT2D eigenvalue weighted by molar-refractivity contribution is 7.89. The van der Waals surface area contributed by atoms with Crippen molar-refractivity contribution in [3.63, 3.8) is 0 Å². The van der Waals surface area contributed by atoms with Crippen LogP contribution in [0.25, 0.3) is 0 Å². The average Bonchev–Trinajstić information content (AvgIpc) is 3.54. The summed E-state index contributed by atoms with van der Waals surface area (Å²) in [6.45, 7) is 2.40. The normalized spacial score (nSPS) is 15.2. The SMILES string of the molecule is CCCCNS(=O)(=O)C(CNC(=O)c1ccccc1)c1cccnc1C1CC1. The molecular formula is C21H27N3O3S. The molecule has 1 fully saturated rings. The lowest BCUT2D eigenvalue weighted by Crippen LogP contribution is -2.38. The summed E-state index contributed by atoms with van der Waals surface area (Å²) in [5, 5.41) is 1.92. The molecule has 7 heteroatoms. The highest BCUT2D eigenvalue weighted by Crippen LogP contribution is 2.42. The van der Waals surface area contributed by atoms with E-state index < -0.39 is 15.3 Å². The molecule has 1 unspecified atom stereocenters. The van der Waals surface area contributed by atoms with Crippen molar-refractivity contribution in [1.29, 1.82) is 0 Å². The second-order valence-electron chi connectivity index (χ2n) is 7.11. The first-order chi connectivity index (χ1) is 13.5. The molecule has 1 aromatic carbocycles. The minimum absolute atomic E-state index is 0.000595. The third kappa shape index (κ3) is 5.17. The van der Waals surface area contributed by atoms with Crippen LogP contribution >= 0.6 is 0 Å². The lowest BCUT2D eigenvalue weighted by atomic mass is 10.1. The van der Waals surface area contributed by atoms with E-state index >= 15 is 0 Å². The fraction of sp³-hybridized carbons (Fsp3) is 0.429. The van der Waals surface area contributed by atoms with E-state index in [4.69, 9.17) is 0 Å². The van der Waals surface area contributed by atoms with Gasteiger partial charge in [-0.05, 0) is 43.0 Å². The summed E-state index contributed by atoms with van der Waals surface area (Å²) in [5.74, 6) is 0.0283. The number of carbonyl (C=O) groups is 1. The molecule has 1 amide bonds. The van der Waals surface area contributed by atoms with Gasteiger partial charge < -0.3 is 5.32 Å². The van der Waals surface area contributed by atoms with Crippen LogP contribution in [0.5, 0.6) is 0 Å². The van der Waals surface area contributed by atoms with Gasteiger partial charge in [0.05, 0.1) is 0 Å². The Morgan fingerprint density at radius 1 is 1.18 bits per heavy atom. The number of rotatable bonds is 10. The summed E-state index contributed by atoms with van der Waals surface area (Å²) in [7, 11) is -3.66. The molecule has 0 bridgehead atoms. The lowest BCUT2D eigenvalue weighted by molar-refractivity contribution is 0.0953. The number of amides is 1. The van der Waals surface area contributed by atoms with Crippen LogP contribution in [0.4, 0.5) is 0 Å². The van der Waals surface area contributed by atoms with Gasteiger partial charge in [-0.25, -0.2) is 13.1 Å². The third-order valence-electron chi connectivity index (χ3n) is 4.87. The molecule has 0 radical (unpaired) electrons. The molecule has 1 atom stereocenters. The van der Waals surface area contributed by atoms with Gasteiger partial charge >= 0.3 is 0 Å². The van der Waals surface area contributed by atoms with E-state index in [2.05, 4.69) is 15.0 Å². The summed E-state index contributed by atoms with van der Waals surface area (Å²) >= 11 is 0. The topological polar surface area (TPSA) is 88.2 Å². The number of nitrogens with one attached hydrogen (secondary N) is 2. The highest BCUT2D eigenvalue weighted by atomic mass is 32.2. The molecule has 2 N–H and O–H groups in total. The standard InChI is InChI=1S/C21H27N3O3S/c1-2-3-14-24-28(26,27)19(15-23-21(25)17-8-5-4-6-9-17)18-10-7-13-22-20(18)16-11-12-16/h4-10,13,16,19,24H,2-3,11-12,14-15H2,1H3,(H,23,25). The monoisotopic (exact) mass is 401 g/mol. The van der Waals surface area contributed by atoms with Crippen LogP contribution < -0.4 is 10.0 Å². The zero-order chi connectivity index (χ0) is 20.0. The second kappa shape index (κ2) is 9.30. The van der Waals surface area contributed by atoms with Crippen molar-refractivity contribution in [2.75, 3.05) is 13.1 Å². The first-order valence-corrected chi connectivity index (χ1v) is 11.3. The number of nitrogens with zero attached hydrogens (tertiary/aromatic N) is 1. The van der Waals surface area contributed by atoms with Crippen molar-refractivity contribution in [2.45, 2.75) is 43.8 Å². The van der Waals surface area contributed by atoms with Crippen LogP contribution in [0.1, 0.15) is 65.4 Å². The molecule has 2 aromatic rings. The molecule has 0 spiro atoms. The molecule has 0 aliphatic heterocycles. The maximum absolute atomic E-state index is 13.1. The van der Waals surface area contributed by atoms with Crippen LogP contribution in [0, 0.1) is 0 Å². The van der Waals surface area contributed by atoms with Gasteiger partial charge in [-0.15, -0.1) is 0 Å². The number of aromatic nitrogens is 1. The molecule has 1 aliphatic carbocycles. The Morgan fingerprint density at radius 3 is 2.61 bits per heavy atom. The molecule has 1 aromatic heterocycles.